The number of nitrogens with two attached hydrogens (primary N) is 1. The van der Waals surface area contributed by atoms with Gasteiger partial charge in [-0.3, -0.25) is 9.59 Å². The number of hydrogen-bond donors (Lipinski definition) is 1. The third kappa shape index (κ3) is 2.49. The molecule has 4 nitrogen and oxygen atoms in total. The highest BCUT2D eigenvalue weighted by Gasteiger charge is 2.49. The van der Waals surface area contributed by atoms with Crippen LogP contribution in [-0.2, 0) is 14.3 Å². The average molecular weight is 213 g/mol. The Labute approximate surface area is 90.2 Å². The number of esters is 1. The average Bonchev–Trinajstić information content (AvgIpc) is 2.48. The lowest BCUT2D eigenvalue weighted by atomic mass is 9.85. The highest BCUT2D eigenvalue weighted by Crippen LogP contribution is 2.39. The van der Waals surface area contributed by atoms with E-state index in [1.807, 2.05) is 0 Å². The fraction of sp³-hybridized carbons (Fsp3) is 0.818. The molecule has 0 saturated heterocycles. The first kappa shape index (κ1) is 12.0. The predicted molar refractivity (Wildman–Crippen MR) is 55.9 cm³/mol. The number of carbonyl (C=O) groups is 2. The van der Waals surface area contributed by atoms with E-state index in [0.717, 1.165) is 12.8 Å². The summed E-state index contributed by atoms with van der Waals surface area (Å²) in [5.41, 5.74) is 3.68. The van der Waals surface area contributed by atoms with Gasteiger partial charge in [0.2, 0.25) is 5.91 Å². The van der Waals surface area contributed by atoms with Gasteiger partial charge >= 0.3 is 5.97 Å². The molecule has 2 N–H and O–H groups in total. The van der Waals surface area contributed by atoms with E-state index >= 15 is 0 Å². The third-order valence-corrected chi connectivity index (χ3v) is 2.72. The van der Waals surface area contributed by atoms with Crippen LogP contribution in [0.3, 0.4) is 0 Å². The number of primary amides is 1. The molecular weight excluding hydrogens is 194 g/mol. The van der Waals surface area contributed by atoms with Crippen LogP contribution >= 0.6 is 0 Å². The first-order chi connectivity index (χ1) is 6.78. The standard InChI is InChI=1S/C11H19NO3/c1-10(2,3)15-9(14)11(8(12)13)6-4-5-7-11/h4-7H2,1-3H3,(H2,12,13). The maximum Gasteiger partial charge on any atom is 0.322 e. The second-order valence-corrected chi connectivity index (χ2v) is 5.16. The van der Waals surface area contributed by atoms with Gasteiger partial charge in [0.25, 0.3) is 0 Å². The van der Waals surface area contributed by atoms with E-state index in [0.29, 0.717) is 12.8 Å². The van der Waals surface area contributed by atoms with Crippen molar-refractivity contribution in [1.82, 2.24) is 0 Å². The molecule has 1 amide bonds. The van der Waals surface area contributed by atoms with E-state index in [1.165, 1.54) is 0 Å². The molecule has 0 heterocycles. The van der Waals surface area contributed by atoms with Crippen molar-refractivity contribution in [1.29, 1.82) is 0 Å². The molecule has 0 radical (unpaired) electrons. The topological polar surface area (TPSA) is 69.4 Å². The van der Waals surface area contributed by atoms with Crippen molar-refractivity contribution >= 4 is 11.9 Å². The molecule has 0 aromatic heterocycles. The highest BCUT2D eigenvalue weighted by molar-refractivity contribution is 6.02. The van der Waals surface area contributed by atoms with Crippen molar-refractivity contribution in [3.8, 4) is 0 Å². The van der Waals surface area contributed by atoms with Crippen molar-refractivity contribution in [3.05, 3.63) is 0 Å². The molecule has 4 heteroatoms. The van der Waals surface area contributed by atoms with Gasteiger partial charge in [0.15, 0.2) is 0 Å². The zero-order valence-corrected chi connectivity index (χ0v) is 9.63. The summed E-state index contributed by atoms with van der Waals surface area (Å²) in [4.78, 5) is 23.3. The minimum absolute atomic E-state index is 0.458. The predicted octanol–water partition coefficient (Wildman–Crippen LogP) is 1.37. The summed E-state index contributed by atoms with van der Waals surface area (Å²) >= 11 is 0. The van der Waals surface area contributed by atoms with E-state index in [-0.39, 0.29) is 0 Å². The Hall–Kier alpha value is -1.06. The summed E-state index contributed by atoms with van der Waals surface area (Å²) in [5.74, 6) is -1.01. The van der Waals surface area contributed by atoms with E-state index < -0.39 is 22.9 Å². The summed E-state index contributed by atoms with van der Waals surface area (Å²) in [6, 6.07) is 0. The van der Waals surface area contributed by atoms with Gasteiger partial charge in [0.05, 0.1) is 0 Å². The second-order valence-electron chi connectivity index (χ2n) is 5.16. The monoisotopic (exact) mass is 213 g/mol. The smallest absolute Gasteiger partial charge is 0.322 e. The molecule has 0 spiro atoms. The molecule has 0 aliphatic heterocycles. The third-order valence-electron chi connectivity index (χ3n) is 2.72. The molecule has 1 fully saturated rings. The van der Waals surface area contributed by atoms with Gasteiger partial charge in [0, 0.05) is 0 Å². The normalized spacial score (nSPS) is 19.9. The van der Waals surface area contributed by atoms with Gasteiger partial charge in [-0.15, -0.1) is 0 Å². The van der Waals surface area contributed by atoms with Crippen molar-refractivity contribution in [3.63, 3.8) is 0 Å². The van der Waals surface area contributed by atoms with Crippen molar-refractivity contribution in [2.45, 2.75) is 52.1 Å². The number of carbonyl (C=O) groups excluding carboxylic acids is 2. The fourth-order valence-corrected chi connectivity index (χ4v) is 1.91. The molecule has 1 saturated carbocycles. The summed E-state index contributed by atoms with van der Waals surface area (Å²) in [5, 5.41) is 0. The first-order valence-corrected chi connectivity index (χ1v) is 5.31. The Kier molecular flexibility index (Phi) is 3.07. The van der Waals surface area contributed by atoms with Crippen LogP contribution in [-0.4, -0.2) is 17.5 Å². The van der Waals surface area contributed by atoms with E-state index in [4.69, 9.17) is 10.5 Å². The van der Waals surface area contributed by atoms with Gasteiger partial charge < -0.3 is 10.5 Å². The lowest BCUT2D eigenvalue weighted by Crippen LogP contribution is -2.45. The van der Waals surface area contributed by atoms with Gasteiger partial charge in [-0.1, -0.05) is 12.8 Å². The van der Waals surface area contributed by atoms with Crippen molar-refractivity contribution < 1.29 is 14.3 Å². The Bertz CT molecular complexity index is 272. The summed E-state index contributed by atoms with van der Waals surface area (Å²) in [6.07, 6.45) is 2.78. The molecule has 15 heavy (non-hydrogen) atoms. The van der Waals surface area contributed by atoms with Gasteiger partial charge in [0.1, 0.15) is 11.0 Å². The number of hydrogen-bond acceptors (Lipinski definition) is 3. The Morgan fingerprint density at radius 2 is 1.67 bits per heavy atom. The zero-order chi connectivity index (χ0) is 11.7. The number of rotatable bonds is 2. The lowest BCUT2D eigenvalue weighted by molar-refractivity contribution is -0.170. The molecule has 1 rings (SSSR count). The van der Waals surface area contributed by atoms with Crippen LogP contribution in [0.25, 0.3) is 0 Å². The Morgan fingerprint density at radius 1 is 1.20 bits per heavy atom. The Balaban J connectivity index is 2.82. The second kappa shape index (κ2) is 3.83. The van der Waals surface area contributed by atoms with Crippen LogP contribution in [0.1, 0.15) is 46.5 Å². The first-order valence-electron chi connectivity index (χ1n) is 5.31. The molecule has 0 aromatic rings. The van der Waals surface area contributed by atoms with E-state index in [9.17, 15) is 9.59 Å². The maximum atomic E-state index is 11.9. The van der Waals surface area contributed by atoms with Gasteiger partial charge in [-0.2, -0.15) is 0 Å². The van der Waals surface area contributed by atoms with Crippen LogP contribution in [0.4, 0.5) is 0 Å². The molecule has 1 aliphatic rings. The molecule has 1 aliphatic carbocycles. The largest absolute Gasteiger partial charge is 0.459 e. The highest BCUT2D eigenvalue weighted by atomic mass is 16.6. The minimum Gasteiger partial charge on any atom is -0.459 e. The lowest BCUT2D eigenvalue weighted by Gasteiger charge is -2.28. The Morgan fingerprint density at radius 3 is 2.00 bits per heavy atom. The fourth-order valence-electron chi connectivity index (χ4n) is 1.91. The van der Waals surface area contributed by atoms with E-state index in [2.05, 4.69) is 0 Å². The van der Waals surface area contributed by atoms with E-state index in [1.54, 1.807) is 20.8 Å². The zero-order valence-electron chi connectivity index (χ0n) is 9.63. The molecule has 0 aromatic carbocycles. The van der Waals surface area contributed by atoms with Crippen LogP contribution in [0.5, 0.6) is 0 Å². The molecule has 0 atom stereocenters. The van der Waals surface area contributed by atoms with Crippen molar-refractivity contribution in [2.24, 2.45) is 11.1 Å². The SMILES string of the molecule is CC(C)(C)OC(=O)C1(C(N)=O)CCCC1. The van der Waals surface area contributed by atoms with Crippen LogP contribution in [0.15, 0.2) is 0 Å². The summed E-state index contributed by atoms with van der Waals surface area (Å²) in [6.45, 7) is 5.36. The number of amides is 1. The molecule has 0 bridgehead atoms. The van der Waals surface area contributed by atoms with Gasteiger partial charge in [-0.05, 0) is 33.6 Å². The summed E-state index contributed by atoms with van der Waals surface area (Å²) in [7, 11) is 0. The molecular formula is C11H19NO3. The molecule has 0 unspecified atom stereocenters. The maximum absolute atomic E-state index is 11.9. The molecule has 86 valence electrons. The van der Waals surface area contributed by atoms with Gasteiger partial charge in [-0.25, -0.2) is 0 Å². The summed E-state index contributed by atoms with van der Waals surface area (Å²) < 4.78 is 5.25. The van der Waals surface area contributed by atoms with Crippen LogP contribution < -0.4 is 5.73 Å². The quantitative estimate of drug-likeness (QED) is 0.556. The van der Waals surface area contributed by atoms with Crippen molar-refractivity contribution in [2.75, 3.05) is 0 Å². The number of ether oxygens (including phenoxy) is 1. The van der Waals surface area contributed by atoms with Crippen LogP contribution in [0.2, 0.25) is 0 Å². The van der Waals surface area contributed by atoms with Crippen LogP contribution in [0, 0.1) is 5.41 Å². The minimum atomic E-state index is -1.06.